The third kappa shape index (κ3) is 5.25. The molecule has 3 aromatic rings. The van der Waals surface area contributed by atoms with Crippen LogP contribution in [0, 0.1) is 0 Å². The molecule has 0 spiro atoms. The van der Waals surface area contributed by atoms with E-state index in [0.717, 1.165) is 47.5 Å². The van der Waals surface area contributed by atoms with Crippen LogP contribution in [0.2, 0.25) is 0 Å². The maximum Gasteiger partial charge on any atom is 0.416 e. The Hall–Kier alpha value is -2.56. The summed E-state index contributed by atoms with van der Waals surface area (Å²) in [5.74, 6) is 0.822. The van der Waals surface area contributed by atoms with Gasteiger partial charge in [-0.1, -0.05) is 6.07 Å². The van der Waals surface area contributed by atoms with Crippen molar-refractivity contribution >= 4 is 20.9 Å². The van der Waals surface area contributed by atoms with Crippen LogP contribution in [0.25, 0.3) is 10.9 Å². The molecule has 172 valence electrons. The summed E-state index contributed by atoms with van der Waals surface area (Å²) in [4.78, 5) is 5.19. The molecular weight excluding hydrogens is 443 g/mol. The minimum absolute atomic E-state index is 0.166. The molecule has 2 N–H and O–H groups in total. The molecule has 1 aliphatic rings. The summed E-state index contributed by atoms with van der Waals surface area (Å²) in [6, 6.07) is 11.1. The Bertz CT molecular complexity index is 1150. The Labute approximate surface area is 184 Å². The molecule has 0 unspecified atom stereocenters. The van der Waals surface area contributed by atoms with Crippen molar-refractivity contribution in [1.82, 2.24) is 14.6 Å². The quantitative estimate of drug-likeness (QED) is 0.551. The van der Waals surface area contributed by atoms with Crippen molar-refractivity contribution in [3.05, 3.63) is 60.3 Å². The summed E-state index contributed by atoms with van der Waals surface area (Å²) in [6.07, 6.45) is -1.39. The number of aromatic nitrogens is 1. The minimum Gasteiger partial charge on any atom is -0.492 e. The van der Waals surface area contributed by atoms with Crippen molar-refractivity contribution in [2.24, 2.45) is 0 Å². The van der Waals surface area contributed by atoms with Gasteiger partial charge in [-0.05, 0) is 68.4 Å². The highest BCUT2D eigenvalue weighted by atomic mass is 32.2. The normalized spacial score (nSPS) is 16.5. The van der Waals surface area contributed by atoms with Crippen molar-refractivity contribution in [3.8, 4) is 5.75 Å². The van der Waals surface area contributed by atoms with Crippen LogP contribution >= 0.6 is 0 Å². The number of H-pyrrole nitrogens is 1. The second-order valence-corrected chi connectivity index (χ2v) is 9.52. The number of nitrogens with one attached hydrogen (secondary N) is 2. The SMILES string of the molecule is O=S(=O)(NC1CCN(CCOc2cccc3[nH]ccc23)CC1)c1ccc(C(F)(F)F)cc1. The number of benzene rings is 2. The highest BCUT2D eigenvalue weighted by Gasteiger charge is 2.31. The number of rotatable bonds is 7. The van der Waals surface area contributed by atoms with Crippen LogP contribution in [0.3, 0.4) is 0 Å². The van der Waals surface area contributed by atoms with E-state index in [0.29, 0.717) is 32.5 Å². The number of likely N-dealkylation sites (tertiary alicyclic amines) is 1. The number of alkyl halides is 3. The fraction of sp³-hybridized carbons (Fsp3) is 0.364. The third-order valence-corrected chi connectivity index (χ3v) is 7.16. The lowest BCUT2D eigenvalue weighted by molar-refractivity contribution is -0.137. The summed E-state index contributed by atoms with van der Waals surface area (Å²) in [6.45, 7) is 2.65. The lowest BCUT2D eigenvalue weighted by Crippen LogP contribution is -2.45. The molecular formula is C22H24F3N3O3S. The zero-order chi connectivity index (χ0) is 22.8. The molecule has 1 aliphatic heterocycles. The van der Waals surface area contributed by atoms with E-state index in [-0.39, 0.29) is 10.9 Å². The number of sulfonamides is 1. The highest BCUT2D eigenvalue weighted by molar-refractivity contribution is 7.89. The number of piperidine rings is 1. The maximum atomic E-state index is 12.7. The van der Waals surface area contributed by atoms with E-state index in [4.69, 9.17) is 4.74 Å². The van der Waals surface area contributed by atoms with E-state index in [9.17, 15) is 21.6 Å². The molecule has 0 atom stereocenters. The minimum atomic E-state index is -4.50. The van der Waals surface area contributed by atoms with Gasteiger partial charge in [-0.25, -0.2) is 13.1 Å². The van der Waals surface area contributed by atoms with Crippen molar-refractivity contribution in [3.63, 3.8) is 0 Å². The number of fused-ring (bicyclic) bond motifs is 1. The Morgan fingerprint density at radius 1 is 1.06 bits per heavy atom. The van der Waals surface area contributed by atoms with Gasteiger partial charge >= 0.3 is 6.18 Å². The van der Waals surface area contributed by atoms with E-state index < -0.39 is 21.8 Å². The largest absolute Gasteiger partial charge is 0.492 e. The third-order valence-electron chi connectivity index (χ3n) is 5.62. The summed E-state index contributed by atoms with van der Waals surface area (Å²) in [5.41, 5.74) is 0.142. The van der Waals surface area contributed by atoms with Crippen molar-refractivity contribution < 1.29 is 26.3 Å². The molecule has 10 heteroatoms. The van der Waals surface area contributed by atoms with Crippen LogP contribution in [0.15, 0.2) is 59.6 Å². The molecule has 0 aliphatic carbocycles. The predicted molar refractivity (Wildman–Crippen MR) is 115 cm³/mol. The van der Waals surface area contributed by atoms with Crippen LogP contribution < -0.4 is 9.46 Å². The van der Waals surface area contributed by atoms with Gasteiger partial charge in [-0.15, -0.1) is 0 Å². The standard InChI is InChI=1S/C22H24F3N3O3S/c23-22(24,25)16-4-6-18(7-5-16)32(29,30)27-17-9-12-28(13-10-17)14-15-31-21-3-1-2-20-19(21)8-11-26-20/h1-8,11,17,26-27H,9-10,12-15H2. The van der Waals surface area contributed by atoms with E-state index in [1.807, 2.05) is 30.5 Å². The molecule has 0 amide bonds. The number of nitrogens with zero attached hydrogens (tertiary/aromatic N) is 1. The molecule has 0 bridgehead atoms. The zero-order valence-electron chi connectivity index (χ0n) is 17.2. The Kier molecular flexibility index (Phi) is 6.45. The van der Waals surface area contributed by atoms with E-state index in [1.165, 1.54) is 0 Å². The Morgan fingerprint density at radius 3 is 2.47 bits per heavy atom. The van der Waals surface area contributed by atoms with E-state index >= 15 is 0 Å². The van der Waals surface area contributed by atoms with Gasteiger partial charge in [-0.2, -0.15) is 13.2 Å². The van der Waals surface area contributed by atoms with Gasteiger partial charge in [0.05, 0.1) is 10.5 Å². The number of ether oxygens (including phenoxy) is 1. The van der Waals surface area contributed by atoms with Gasteiger partial charge in [0.1, 0.15) is 12.4 Å². The Morgan fingerprint density at radius 2 is 1.78 bits per heavy atom. The molecule has 1 saturated heterocycles. The maximum absolute atomic E-state index is 12.7. The topological polar surface area (TPSA) is 74.4 Å². The van der Waals surface area contributed by atoms with Gasteiger partial charge in [0, 0.05) is 29.7 Å². The molecule has 0 saturated carbocycles. The predicted octanol–water partition coefficient (Wildman–Crippen LogP) is 4.01. The first-order chi connectivity index (χ1) is 15.2. The molecule has 2 heterocycles. The smallest absolute Gasteiger partial charge is 0.416 e. The first-order valence-electron chi connectivity index (χ1n) is 10.3. The molecule has 1 fully saturated rings. The number of hydrogen-bond acceptors (Lipinski definition) is 4. The highest BCUT2D eigenvalue weighted by Crippen LogP contribution is 2.30. The zero-order valence-corrected chi connectivity index (χ0v) is 18.0. The van der Waals surface area contributed by atoms with Gasteiger partial charge in [0.2, 0.25) is 10.0 Å². The van der Waals surface area contributed by atoms with Crippen LogP contribution in [0.5, 0.6) is 5.75 Å². The first kappa shape index (κ1) is 22.6. The molecule has 0 radical (unpaired) electrons. The Balaban J connectivity index is 1.25. The molecule has 1 aromatic heterocycles. The lowest BCUT2D eigenvalue weighted by atomic mass is 10.1. The van der Waals surface area contributed by atoms with Crippen molar-refractivity contribution in [2.45, 2.75) is 30.0 Å². The van der Waals surface area contributed by atoms with Crippen LogP contribution in [-0.4, -0.2) is 50.6 Å². The summed E-state index contributed by atoms with van der Waals surface area (Å²) in [5, 5.41) is 1.03. The summed E-state index contributed by atoms with van der Waals surface area (Å²) < 4.78 is 71.7. The van der Waals surface area contributed by atoms with Crippen molar-refractivity contribution in [2.75, 3.05) is 26.2 Å². The van der Waals surface area contributed by atoms with Gasteiger partial charge in [0.25, 0.3) is 0 Å². The average molecular weight is 468 g/mol. The van der Waals surface area contributed by atoms with Crippen molar-refractivity contribution in [1.29, 1.82) is 0 Å². The summed E-state index contributed by atoms with van der Waals surface area (Å²) >= 11 is 0. The second-order valence-electron chi connectivity index (χ2n) is 7.80. The first-order valence-corrected chi connectivity index (χ1v) is 11.8. The lowest BCUT2D eigenvalue weighted by Gasteiger charge is -2.32. The fourth-order valence-electron chi connectivity index (χ4n) is 3.85. The molecule has 6 nitrogen and oxygen atoms in total. The number of halogens is 3. The molecule has 32 heavy (non-hydrogen) atoms. The van der Waals surface area contributed by atoms with Crippen LogP contribution in [0.4, 0.5) is 13.2 Å². The van der Waals surface area contributed by atoms with E-state index in [1.54, 1.807) is 0 Å². The fourth-order valence-corrected chi connectivity index (χ4v) is 5.16. The second kappa shape index (κ2) is 9.13. The van der Waals surface area contributed by atoms with Crippen LogP contribution in [-0.2, 0) is 16.2 Å². The average Bonchev–Trinajstić information content (AvgIpc) is 3.24. The van der Waals surface area contributed by atoms with Crippen LogP contribution in [0.1, 0.15) is 18.4 Å². The monoisotopic (exact) mass is 467 g/mol. The summed E-state index contributed by atoms with van der Waals surface area (Å²) in [7, 11) is -3.87. The van der Waals surface area contributed by atoms with Gasteiger partial charge < -0.3 is 9.72 Å². The van der Waals surface area contributed by atoms with Gasteiger partial charge in [0.15, 0.2) is 0 Å². The van der Waals surface area contributed by atoms with E-state index in [2.05, 4.69) is 14.6 Å². The molecule has 4 rings (SSSR count). The van der Waals surface area contributed by atoms with Gasteiger partial charge in [-0.3, -0.25) is 4.90 Å². The number of hydrogen-bond donors (Lipinski definition) is 2. The number of aromatic amines is 1. The molecule has 2 aromatic carbocycles.